The fourth-order valence-corrected chi connectivity index (χ4v) is 3.16. The first-order valence-electron chi connectivity index (χ1n) is 6.35. The summed E-state index contributed by atoms with van der Waals surface area (Å²) in [6.45, 7) is 5.96. The molecule has 0 saturated heterocycles. The van der Waals surface area contributed by atoms with Crippen LogP contribution in [0.5, 0.6) is 0 Å². The Morgan fingerprint density at radius 2 is 2.22 bits per heavy atom. The Hall–Kier alpha value is -1.16. The van der Waals surface area contributed by atoms with E-state index in [0.29, 0.717) is 5.92 Å². The minimum Gasteiger partial charge on any atom is -0.349 e. The lowest BCUT2D eigenvalue weighted by molar-refractivity contribution is -0.127. The maximum atomic E-state index is 11.9. The van der Waals surface area contributed by atoms with Crippen LogP contribution in [-0.4, -0.2) is 18.2 Å². The number of aryl methyl sites for hydroxylation is 1. The second-order valence-electron chi connectivity index (χ2n) is 5.26. The molecule has 0 aliphatic heterocycles. The summed E-state index contributed by atoms with van der Waals surface area (Å²) >= 11 is 1.72. The lowest BCUT2D eigenvalue weighted by atomic mass is 10.1. The summed E-state index contributed by atoms with van der Waals surface area (Å²) in [4.78, 5) is 24.7. The number of carbonyl (C=O) groups is 2. The maximum absolute atomic E-state index is 11.9. The zero-order valence-corrected chi connectivity index (χ0v) is 11.8. The van der Waals surface area contributed by atoms with Crippen molar-refractivity contribution in [3.05, 3.63) is 21.9 Å². The maximum Gasteiger partial charge on any atom is 0.224 e. The van der Waals surface area contributed by atoms with Crippen LogP contribution in [0, 0.1) is 18.8 Å². The van der Waals surface area contributed by atoms with E-state index in [0.717, 1.165) is 6.42 Å². The van der Waals surface area contributed by atoms with Crippen LogP contribution in [0.1, 0.15) is 36.6 Å². The highest BCUT2D eigenvalue weighted by Gasteiger charge is 2.45. The van der Waals surface area contributed by atoms with Crippen LogP contribution in [-0.2, 0) is 9.59 Å². The highest BCUT2D eigenvalue weighted by atomic mass is 32.1. The SMILES string of the molecule is Cc1ccsc1[C@@H]1C[C@H]1C(=O)NCC(=O)C(C)C. The molecular weight excluding hydrogens is 246 g/mol. The molecule has 1 heterocycles. The molecule has 1 N–H and O–H groups in total. The molecule has 0 radical (unpaired) electrons. The van der Waals surface area contributed by atoms with Gasteiger partial charge in [-0.1, -0.05) is 13.8 Å². The van der Waals surface area contributed by atoms with Crippen LogP contribution < -0.4 is 5.32 Å². The monoisotopic (exact) mass is 265 g/mol. The van der Waals surface area contributed by atoms with E-state index in [-0.39, 0.29) is 30.1 Å². The second kappa shape index (κ2) is 5.22. The molecule has 1 aromatic rings. The van der Waals surface area contributed by atoms with Crippen molar-refractivity contribution in [1.29, 1.82) is 0 Å². The topological polar surface area (TPSA) is 46.2 Å². The quantitative estimate of drug-likeness (QED) is 0.889. The van der Waals surface area contributed by atoms with Crippen molar-refractivity contribution in [1.82, 2.24) is 5.32 Å². The molecule has 0 aromatic carbocycles. The number of amides is 1. The number of carbonyl (C=O) groups excluding carboxylic acids is 2. The van der Waals surface area contributed by atoms with Crippen LogP contribution in [0.2, 0.25) is 0 Å². The normalized spacial score (nSPS) is 22.0. The van der Waals surface area contributed by atoms with E-state index in [1.807, 2.05) is 13.8 Å². The van der Waals surface area contributed by atoms with Crippen molar-refractivity contribution in [3.8, 4) is 0 Å². The van der Waals surface area contributed by atoms with Gasteiger partial charge in [-0.15, -0.1) is 11.3 Å². The number of hydrogen-bond acceptors (Lipinski definition) is 3. The summed E-state index contributed by atoms with van der Waals surface area (Å²) < 4.78 is 0. The molecule has 2 atom stereocenters. The molecule has 1 aromatic heterocycles. The summed E-state index contributed by atoms with van der Waals surface area (Å²) in [5.41, 5.74) is 1.28. The summed E-state index contributed by atoms with van der Waals surface area (Å²) in [5.74, 6) is 0.552. The van der Waals surface area contributed by atoms with Gasteiger partial charge in [-0.3, -0.25) is 9.59 Å². The number of hydrogen-bond donors (Lipinski definition) is 1. The highest BCUT2D eigenvalue weighted by Crippen LogP contribution is 2.50. The van der Waals surface area contributed by atoms with E-state index in [2.05, 4.69) is 23.7 Å². The number of Topliss-reactive ketones (excluding diaryl/α,β-unsaturated/α-hetero) is 1. The van der Waals surface area contributed by atoms with Crippen molar-refractivity contribution in [2.45, 2.75) is 33.1 Å². The second-order valence-corrected chi connectivity index (χ2v) is 6.20. The Bertz CT molecular complexity index is 464. The van der Waals surface area contributed by atoms with Gasteiger partial charge in [-0.25, -0.2) is 0 Å². The van der Waals surface area contributed by atoms with Crippen LogP contribution in [0.25, 0.3) is 0 Å². The Morgan fingerprint density at radius 3 is 2.78 bits per heavy atom. The third-order valence-corrected chi connectivity index (χ3v) is 4.60. The number of ketones is 1. The molecule has 2 rings (SSSR count). The van der Waals surface area contributed by atoms with E-state index < -0.39 is 0 Å². The van der Waals surface area contributed by atoms with Gasteiger partial charge in [-0.05, 0) is 30.4 Å². The van der Waals surface area contributed by atoms with Crippen LogP contribution in [0.3, 0.4) is 0 Å². The van der Waals surface area contributed by atoms with Crippen molar-refractivity contribution in [3.63, 3.8) is 0 Å². The first kappa shape index (κ1) is 13.3. The molecule has 3 nitrogen and oxygen atoms in total. The lowest BCUT2D eigenvalue weighted by Crippen LogP contribution is -2.32. The van der Waals surface area contributed by atoms with Gasteiger partial charge < -0.3 is 5.32 Å². The van der Waals surface area contributed by atoms with E-state index >= 15 is 0 Å². The summed E-state index contributed by atoms with van der Waals surface area (Å²) in [7, 11) is 0. The molecule has 0 bridgehead atoms. The summed E-state index contributed by atoms with van der Waals surface area (Å²) in [6.07, 6.45) is 0.920. The van der Waals surface area contributed by atoms with Crippen molar-refractivity contribution in [2.75, 3.05) is 6.54 Å². The smallest absolute Gasteiger partial charge is 0.224 e. The van der Waals surface area contributed by atoms with Crippen molar-refractivity contribution >= 4 is 23.0 Å². The molecule has 1 aliphatic rings. The molecule has 18 heavy (non-hydrogen) atoms. The van der Waals surface area contributed by atoms with Crippen LogP contribution >= 0.6 is 11.3 Å². The van der Waals surface area contributed by atoms with Crippen molar-refractivity contribution < 1.29 is 9.59 Å². The minimum atomic E-state index is -0.0140. The van der Waals surface area contributed by atoms with Gasteiger partial charge in [0.25, 0.3) is 0 Å². The Labute approximate surface area is 112 Å². The predicted octanol–water partition coefficient (Wildman–Crippen LogP) is 2.50. The molecule has 1 amide bonds. The fraction of sp³-hybridized carbons (Fsp3) is 0.571. The first-order valence-corrected chi connectivity index (χ1v) is 7.23. The first-order chi connectivity index (χ1) is 8.50. The summed E-state index contributed by atoms with van der Waals surface area (Å²) in [5, 5.41) is 4.82. The van der Waals surface area contributed by atoms with Gasteiger partial charge in [0.05, 0.1) is 6.54 Å². The van der Waals surface area contributed by atoms with E-state index in [9.17, 15) is 9.59 Å². The van der Waals surface area contributed by atoms with Gasteiger partial charge in [0.15, 0.2) is 5.78 Å². The molecule has 0 spiro atoms. The van der Waals surface area contributed by atoms with Gasteiger partial charge in [-0.2, -0.15) is 0 Å². The largest absolute Gasteiger partial charge is 0.349 e. The zero-order chi connectivity index (χ0) is 13.3. The third-order valence-electron chi connectivity index (χ3n) is 3.45. The molecule has 1 fully saturated rings. The number of rotatable bonds is 5. The molecular formula is C14H19NO2S. The Morgan fingerprint density at radius 1 is 1.50 bits per heavy atom. The average Bonchev–Trinajstić information content (AvgIpc) is 3.01. The summed E-state index contributed by atoms with van der Waals surface area (Å²) in [6, 6.07) is 2.09. The Kier molecular flexibility index (Phi) is 3.85. The fourth-order valence-electron chi connectivity index (χ4n) is 2.05. The predicted molar refractivity (Wildman–Crippen MR) is 72.8 cm³/mol. The van der Waals surface area contributed by atoms with Gasteiger partial charge in [0.1, 0.15) is 0 Å². The van der Waals surface area contributed by atoms with E-state index in [4.69, 9.17) is 0 Å². The number of nitrogens with one attached hydrogen (secondary N) is 1. The third kappa shape index (κ3) is 2.80. The molecule has 0 unspecified atom stereocenters. The highest BCUT2D eigenvalue weighted by molar-refractivity contribution is 7.10. The van der Waals surface area contributed by atoms with Crippen LogP contribution in [0.15, 0.2) is 11.4 Å². The molecule has 98 valence electrons. The molecule has 1 saturated carbocycles. The van der Waals surface area contributed by atoms with Gasteiger partial charge in [0, 0.05) is 22.6 Å². The van der Waals surface area contributed by atoms with Gasteiger partial charge in [0.2, 0.25) is 5.91 Å². The minimum absolute atomic E-state index is 0.0140. The molecule has 4 heteroatoms. The standard InChI is InChI=1S/C14H19NO2S/c1-8(2)12(16)7-15-14(17)11-6-10(11)13-9(3)4-5-18-13/h4-5,8,10-11H,6-7H2,1-3H3,(H,15,17)/t10-,11-/m1/s1. The Balaban J connectivity index is 1.83. The lowest BCUT2D eigenvalue weighted by Gasteiger charge is -2.06. The molecule has 1 aliphatic carbocycles. The average molecular weight is 265 g/mol. The van der Waals surface area contributed by atoms with Gasteiger partial charge >= 0.3 is 0 Å². The van der Waals surface area contributed by atoms with E-state index in [1.54, 1.807) is 11.3 Å². The van der Waals surface area contributed by atoms with Crippen LogP contribution in [0.4, 0.5) is 0 Å². The number of thiophene rings is 1. The van der Waals surface area contributed by atoms with E-state index in [1.165, 1.54) is 10.4 Å². The van der Waals surface area contributed by atoms with Crippen molar-refractivity contribution in [2.24, 2.45) is 11.8 Å². The zero-order valence-electron chi connectivity index (χ0n) is 11.0.